The quantitative estimate of drug-likeness (QED) is 0.137. The summed E-state index contributed by atoms with van der Waals surface area (Å²) >= 11 is 0. The first-order valence-corrected chi connectivity index (χ1v) is 20.7. The van der Waals surface area contributed by atoms with Gasteiger partial charge in [0.05, 0.1) is 0 Å². The van der Waals surface area contributed by atoms with Crippen LogP contribution in [0.25, 0.3) is 44.5 Å². The Kier molecular flexibility index (Phi) is 10.7. The van der Waals surface area contributed by atoms with Crippen LogP contribution in [0.1, 0.15) is 22.3 Å². The van der Waals surface area contributed by atoms with Crippen LogP contribution in [-0.2, 0) is 0 Å². The van der Waals surface area contributed by atoms with Crippen LogP contribution in [-0.4, -0.2) is 0 Å². The Hall–Kier alpha value is -7.42. The molecule has 0 atom stereocenters. The van der Waals surface area contributed by atoms with E-state index in [1.807, 2.05) is 0 Å². The van der Waals surface area contributed by atoms with Gasteiger partial charge in [-0.25, -0.2) is 0 Å². The zero-order valence-electron chi connectivity index (χ0n) is 34.7. The highest BCUT2D eigenvalue weighted by molar-refractivity contribution is 5.82. The maximum atomic E-state index is 2.33. The van der Waals surface area contributed by atoms with E-state index < -0.39 is 0 Å². The van der Waals surface area contributed by atoms with E-state index in [9.17, 15) is 0 Å². The van der Waals surface area contributed by atoms with Gasteiger partial charge in [0.15, 0.2) is 0 Å². The highest BCUT2D eigenvalue weighted by Gasteiger charge is 2.15. The first-order valence-electron chi connectivity index (χ1n) is 20.7. The van der Waals surface area contributed by atoms with E-state index in [2.05, 4.69) is 256 Å². The van der Waals surface area contributed by atoms with E-state index in [-0.39, 0.29) is 0 Å². The van der Waals surface area contributed by atoms with Crippen LogP contribution >= 0.6 is 0 Å². The lowest BCUT2D eigenvalue weighted by Gasteiger charge is -2.26. The van der Waals surface area contributed by atoms with Crippen LogP contribution in [0.4, 0.5) is 34.1 Å². The number of nitrogens with zero attached hydrogens (tertiary/aromatic N) is 2. The second-order valence-corrected chi connectivity index (χ2v) is 15.8. The second-order valence-electron chi connectivity index (χ2n) is 15.8. The molecule has 0 aromatic heterocycles. The summed E-state index contributed by atoms with van der Waals surface area (Å²) in [6.07, 6.45) is 0. The Bertz CT molecular complexity index is 2600. The van der Waals surface area contributed by atoms with E-state index in [4.69, 9.17) is 0 Å². The molecule has 290 valence electrons. The molecule has 9 rings (SSSR count). The van der Waals surface area contributed by atoms with Crippen molar-refractivity contribution in [1.82, 2.24) is 0 Å². The molecule has 60 heavy (non-hydrogen) atoms. The average Bonchev–Trinajstić information content (AvgIpc) is 3.29. The predicted octanol–water partition coefficient (Wildman–Crippen LogP) is 16.5. The number of anilines is 6. The molecule has 0 saturated carbocycles. The van der Waals surface area contributed by atoms with Gasteiger partial charge in [0.25, 0.3) is 0 Å². The molecule has 0 amide bonds. The lowest BCUT2D eigenvalue weighted by molar-refractivity contribution is 1.27. The van der Waals surface area contributed by atoms with Gasteiger partial charge in [0.1, 0.15) is 0 Å². The summed E-state index contributed by atoms with van der Waals surface area (Å²) in [7, 11) is 0. The fraction of sp³-hybridized carbons (Fsp3) is 0.0690. The van der Waals surface area contributed by atoms with Crippen LogP contribution < -0.4 is 9.80 Å². The smallest absolute Gasteiger partial charge is 0.0462 e. The average molecular weight is 773 g/mol. The Labute approximate surface area is 355 Å². The minimum atomic E-state index is 1.12. The van der Waals surface area contributed by atoms with Gasteiger partial charge in [0, 0.05) is 34.1 Å². The minimum Gasteiger partial charge on any atom is -0.311 e. The van der Waals surface area contributed by atoms with E-state index in [0.717, 1.165) is 34.1 Å². The molecule has 9 aromatic carbocycles. The summed E-state index contributed by atoms with van der Waals surface area (Å²) in [6.45, 7) is 8.52. The van der Waals surface area contributed by atoms with E-state index in [0.29, 0.717) is 0 Å². The van der Waals surface area contributed by atoms with Crippen molar-refractivity contribution in [3.8, 4) is 44.5 Å². The Morgan fingerprint density at radius 2 is 0.283 bits per heavy atom. The largest absolute Gasteiger partial charge is 0.311 e. The Balaban J connectivity index is 0.949. The summed E-state index contributed by atoms with van der Waals surface area (Å²) in [5.41, 5.74) is 21.4. The van der Waals surface area contributed by atoms with Crippen molar-refractivity contribution in [2.45, 2.75) is 27.7 Å². The minimum absolute atomic E-state index is 1.12. The van der Waals surface area contributed by atoms with Gasteiger partial charge in [-0.15, -0.1) is 0 Å². The number of rotatable bonds is 10. The van der Waals surface area contributed by atoms with E-state index in [1.165, 1.54) is 66.8 Å². The molecule has 2 heteroatoms. The number of benzene rings is 9. The number of hydrogen-bond donors (Lipinski definition) is 0. The van der Waals surface area contributed by atoms with Crippen LogP contribution in [0.5, 0.6) is 0 Å². The number of aryl methyl sites for hydroxylation is 4. The number of hydrogen-bond acceptors (Lipinski definition) is 2. The normalized spacial score (nSPS) is 11.0. The first kappa shape index (κ1) is 38.1. The molecule has 0 bridgehead atoms. The van der Waals surface area contributed by atoms with Crippen molar-refractivity contribution in [3.05, 3.63) is 241 Å². The van der Waals surface area contributed by atoms with Crippen molar-refractivity contribution in [2.75, 3.05) is 9.80 Å². The molecule has 0 fully saturated rings. The molecule has 0 radical (unpaired) electrons. The molecule has 2 nitrogen and oxygen atoms in total. The van der Waals surface area contributed by atoms with Gasteiger partial charge >= 0.3 is 0 Å². The van der Waals surface area contributed by atoms with Gasteiger partial charge in [-0.05, 0) is 145 Å². The first-order chi connectivity index (χ1) is 29.3. The summed E-state index contributed by atoms with van der Waals surface area (Å²) in [6, 6.07) is 79.5. The van der Waals surface area contributed by atoms with Gasteiger partial charge in [-0.2, -0.15) is 0 Å². The van der Waals surface area contributed by atoms with Crippen molar-refractivity contribution >= 4 is 34.1 Å². The molecule has 0 heterocycles. The lowest BCUT2D eigenvalue weighted by Crippen LogP contribution is -2.09. The van der Waals surface area contributed by atoms with Crippen LogP contribution in [0, 0.1) is 27.7 Å². The third-order valence-corrected chi connectivity index (χ3v) is 11.4. The SMILES string of the molecule is Cc1ccc(-c2ccc(N(c3ccc(C)cc3)c3ccc(-c4ccc(-c5ccc(N(c6ccc(C)cc6)c6ccc(-c7ccc(C)cc7)cc6)cc5)cc4)cc3)cc2)cc1. The molecular formula is C58H48N2. The molecule has 0 aliphatic heterocycles. The molecule has 0 aliphatic rings. The Morgan fingerprint density at radius 1 is 0.167 bits per heavy atom. The monoisotopic (exact) mass is 772 g/mol. The van der Waals surface area contributed by atoms with Crippen LogP contribution in [0.3, 0.4) is 0 Å². The Morgan fingerprint density at radius 3 is 0.467 bits per heavy atom. The van der Waals surface area contributed by atoms with E-state index >= 15 is 0 Å². The molecular weight excluding hydrogens is 725 g/mol. The van der Waals surface area contributed by atoms with Gasteiger partial charge in [-0.3, -0.25) is 0 Å². The molecule has 0 N–H and O–H groups in total. The predicted molar refractivity (Wildman–Crippen MR) is 256 cm³/mol. The zero-order chi connectivity index (χ0) is 41.0. The topological polar surface area (TPSA) is 6.48 Å². The van der Waals surface area contributed by atoms with Gasteiger partial charge in [0.2, 0.25) is 0 Å². The fourth-order valence-electron chi connectivity index (χ4n) is 7.84. The molecule has 0 unspecified atom stereocenters. The highest BCUT2D eigenvalue weighted by Crippen LogP contribution is 2.39. The van der Waals surface area contributed by atoms with Crippen molar-refractivity contribution in [3.63, 3.8) is 0 Å². The highest BCUT2D eigenvalue weighted by atomic mass is 15.1. The molecule has 0 aliphatic carbocycles. The van der Waals surface area contributed by atoms with Crippen LogP contribution in [0.15, 0.2) is 218 Å². The third kappa shape index (κ3) is 8.27. The summed E-state index contributed by atoms with van der Waals surface area (Å²) in [5.74, 6) is 0. The standard InChI is InChI=1S/C58H48N2/c1-41-5-13-45(14-6-41)49-21-33-55(34-22-49)59(53-29-9-43(3)10-30-53)57-37-25-51(26-38-57)47-17-19-48(20-18-47)52-27-39-58(40-28-52)60(54-31-11-44(4)12-32-54)56-35-23-50(24-36-56)46-15-7-42(2)8-16-46/h5-40H,1-4H3. The lowest BCUT2D eigenvalue weighted by atomic mass is 9.99. The summed E-state index contributed by atoms with van der Waals surface area (Å²) in [5, 5.41) is 0. The third-order valence-electron chi connectivity index (χ3n) is 11.4. The van der Waals surface area contributed by atoms with Gasteiger partial charge < -0.3 is 9.80 Å². The fourth-order valence-corrected chi connectivity index (χ4v) is 7.84. The second kappa shape index (κ2) is 16.8. The van der Waals surface area contributed by atoms with Crippen molar-refractivity contribution in [2.24, 2.45) is 0 Å². The van der Waals surface area contributed by atoms with E-state index in [1.54, 1.807) is 0 Å². The molecule has 0 spiro atoms. The van der Waals surface area contributed by atoms with Crippen LogP contribution in [0.2, 0.25) is 0 Å². The van der Waals surface area contributed by atoms with Crippen molar-refractivity contribution in [1.29, 1.82) is 0 Å². The maximum absolute atomic E-state index is 2.33. The van der Waals surface area contributed by atoms with Gasteiger partial charge in [-0.1, -0.05) is 168 Å². The molecule has 0 saturated heterocycles. The maximum Gasteiger partial charge on any atom is 0.0462 e. The zero-order valence-corrected chi connectivity index (χ0v) is 34.7. The summed E-state index contributed by atoms with van der Waals surface area (Å²) < 4.78 is 0. The van der Waals surface area contributed by atoms with Crippen molar-refractivity contribution < 1.29 is 0 Å². The summed E-state index contributed by atoms with van der Waals surface area (Å²) in [4.78, 5) is 4.66. The molecule has 9 aromatic rings.